The molecule has 0 heterocycles. The molecule has 1 N–H and O–H groups in total. The minimum atomic E-state index is -0.0963. The van der Waals surface area contributed by atoms with Gasteiger partial charge in [0.15, 0.2) is 0 Å². The van der Waals surface area contributed by atoms with Crippen LogP contribution in [0, 0.1) is 11.7 Å². The number of hydrogen-bond donors (Lipinski definition) is 1. The summed E-state index contributed by atoms with van der Waals surface area (Å²) < 4.78 is 13.5. The number of halogens is 1. The van der Waals surface area contributed by atoms with E-state index in [0.29, 0.717) is 12.1 Å². The SMILES string of the molecule is CC(C)CCC(C)NC(C)Cc1ccccc1F. The molecule has 2 unspecified atom stereocenters. The van der Waals surface area contributed by atoms with Gasteiger partial charge in [-0.05, 0) is 50.7 Å². The van der Waals surface area contributed by atoms with Crippen molar-refractivity contribution in [3.8, 4) is 0 Å². The molecule has 0 bridgehead atoms. The van der Waals surface area contributed by atoms with Crippen molar-refractivity contribution in [2.75, 3.05) is 0 Å². The van der Waals surface area contributed by atoms with Crippen LogP contribution in [-0.2, 0) is 6.42 Å². The van der Waals surface area contributed by atoms with E-state index in [1.165, 1.54) is 18.9 Å². The third-order valence-electron chi connectivity index (χ3n) is 3.23. The van der Waals surface area contributed by atoms with Crippen LogP contribution in [0.5, 0.6) is 0 Å². The Morgan fingerprint density at radius 3 is 2.28 bits per heavy atom. The van der Waals surface area contributed by atoms with Crippen LogP contribution in [-0.4, -0.2) is 12.1 Å². The summed E-state index contributed by atoms with van der Waals surface area (Å²) in [6.07, 6.45) is 3.17. The van der Waals surface area contributed by atoms with E-state index < -0.39 is 0 Å². The van der Waals surface area contributed by atoms with Crippen molar-refractivity contribution in [3.63, 3.8) is 0 Å². The first-order valence-electron chi connectivity index (χ1n) is 6.98. The molecule has 2 heteroatoms. The maximum absolute atomic E-state index is 13.5. The molecule has 0 aromatic heterocycles. The van der Waals surface area contributed by atoms with Crippen LogP contribution in [0.15, 0.2) is 24.3 Å². The first-order valence-corrected chi connectivity index (χ1v) is 6.98. The number of rotatable bonds is 7. The highest BCUT2D eigenvalue weighted by atomic mass is 19.1. The molecule has 0 aliphatic rings. The second-order valence-electron chi connectivity index (χ2n) is 5.74. The second kappa shape index (κ2) is 7.52. The summed E-state index contributed by atoms with van der Waals surface area (Å²) in [4.78, 5) is 0. The molecule has 1 aromatic rings. The molecule has 0 amide bonds. The minimum Gasteiger partial charge on any atom is -0.311 e. The van der Waals surface area contributed by atoms with Crippen molar-refractivity contribution in [3.05, 3.63) is 35.6 Å². The smallest absolute Gasteiger partial charge is 0.126 e. The molecule has 1 rings (SSSR count). The first kappa shape index (κ1) is 15.2. The average Bonchev–Trinajstić information content (AvgIpc) is 2.29. The van der Waals surface area contributed by atoms with Crippen molar-refractivity contribution in [1.82, 2.24) is 5.32 Å². The van der Waals surface area contributed by atoms with E-state index >= 15 is 0 Å². The summed E-state index contributed by atoms with van der Waals surface area (Å²) >= 11 is 0. The van der Waals surface area contributed by atoms with Crippen LogP contribution in [0.25, 0.3) is 0 Å². The Morgan fingerprint density at radius 1 is 1.00 bits per heavy atom. The molecule has 0 aliphatic carbocycles. The molecule has 0 aliphatic heterocycles. The van der Waals surface area contributed by atoms with Crippen LogP contribution >= 0.6 is 0 Å². The zero-order valence-corrected chi connectivity index (χ0v) is 12.0. The number of nitrogens with one attached hydrogen (secondary N) is 1. The van der Waals surface area contributed by atoms with Gasteiger partial charge in [-0.25, -0.2) is 4.39 Å². The van der Waals surface area contributed by atoms with Crippen LogP contribution in [0.4, 0.5) is 4.39 Å². The third-order valence-corrected chi connectivity index (χ3v) is 3.23. The second-order valence-corrected chi connectivity index (χ2v) is 5.74. The van der Waals surface area contributed by atoms with E-state index in [1.54, 1.807) is 6.07 Å². The molecular weight excluding hydrogens is 225 g/mol. The molecule has 18 heavy (non-hydrogen) atoms. The van der Waals surface area contributed by atoms with Gasteiger partial charge >= 0.3 is 0 Å². The number of benzene rings is 1. The lowest BCUT2D eigenvalue weighted by Gasteiger charge is -2.21. The lowest BCUT2D eigenvalue weighted by molar-refractivity contribution is 0.407. The molecule has 0 fully saturated rings. The van der Waals surface area contributed by atoms with E-state index in [-0.39, 0.29) is 5.82 Å². The van der Waals surface area contributed by atoms with Crippen LogP contribution in [0.1, 0.15) is 46.1 Å². The summed E-state index contributed by atoms with van der Waals surface area (Å²) in [5, 5.41) is 3.54. The maximum atomic E-state index is 13.5. The van der Waals surface area contributed by atoms with Crippen molar-refractivity contribution < 1.29 is 4.39 Å². The third kappa shape index (κ3) is 5.63. The topological polar surface area (TPSA) is 12.0 Å². The summed E-state index contributed by atoms with van der Waals surface area (Å²) in [5.41, 5.74) is 0.800. The van der Waals surface area contributed by atoms with Crippen molar-refractivity contribution in [2.24, 2.45) is 5.92 Å². The zero-order valence-electron chi connectivity index (χ0n) is 12.0. The predicted octanol–water partition coefficient (Wildman–Crippen LogP) is 4.17. The minimum absolute atomic E-state index is 0.0963. The molecule has 0 saturated heterocycles. The van der Waals surface area contributed by atoms with Gasteiger partial charge in [0.05, 0.1) is 0 Å². The highest BCUT2D eigenvalue weighted by Crippen LogP contribution is 2.11. The van der Waals surface area contributed by atoms with E-state index in [0.717, 1.165) is 17.9 Å². The fraction of sp³-hybridized carbons (Fsp3) is 0.625. The molecule has 0 spiro atoms. The Bertz CT molecular complexity index is 349. The van der Waals surface area contributed by atoms with Crippen molar-refractivity contribution in [2.45, 2.75) is 59.0 Å². The van der Waals surface area contributed by atoms with Crippen molar-refractivity contribution in [1.29, 1.82) is 0 Å². The van der Waals surface area contributed by atoms with Gasteiger partial charge in [-0.15, -0.1) is 0 Å². The summed E-state index contributed by atoms with van der Waals surface area (Å²) in [5.74, 6) is 0.650. The Kier molecular flexibility index (Phi) is 6.34. The average molecular weight is 251 g/mol. The van der Waals surface area contributed by atoms with Crippen molar-refractivity contribution >= 4 is 0 Å². The molecule has 0 saturated carbocycles. The van der Waals surface area contributed by atoms with E-state index in [1.807, 2.05) is 12.1 Å². The first-order chi connectivity index (χ1) is 8.49. The van der Waals surface area contributed by atoms with Crippen LogP contribution < -0.4 is 5.32 Å². The predicted molar refractivity (Wildman–Crippen MR) is 76.2 cm³/mol. The normalized spacial score (nSPS) is 14.8. The van der Waals surface area contributed by atoms with Crippen LogP contribution in [0.3, 0.4) is 0 Å². The number of hydrogen-bond acceptors (Lipinski definition) is 1. The van der Waals surface area contributed by atoms with Gasteiger partial charge in [-0.3, -0.25) is 0 Å². The standard InChI is InChI=1S/C16H26FN/c1-12(2)9-10-13(3)18-14(4)11-15-7-5-6-8-16(15)17/h5-8,12-14,18H,9-11H2,1-4H3. The Morgan fingerprint density at radius 2 is 1.67 bits per heavy atom. The van der Waals surface area contributed by atoms with Gasteiger partial charge < -0.3 is 5.32 Å². The Balaban J connectivity index is 2.37. The quantitative estimate of drug-likeness (QED) is 0.767. The molecular formula is C16H26FN. The lowest BCUT2D eigenvalue weighted by atomic mass is 10.0. The van der Waals surface area contributed by atoms with E-state index in [2.05, 4.69) is 33.0 Å². The summed E-state index contributed by atoms with van der Waals surface area (Å²) in [6.45, 7) is 8.82. The molecule has 1 aromatic carbocycles. The largest absolute Gasteiger partial charge is 0.311 e. The Labute approximate surface area is 111 Å². The lowest BCUT2D eigenvalue weighted by Crippen LogP contribution is -2.36. The monoisotopic (exact) mass is 251 g/mol. The van der Waals surface area contributed by atoms with Gasteiger partial charge in [-0.2, -0.15) is 0 Å². The summed E-state index contributed by atoms with van der Waals surface area (Å²) in [7, 11) is 0. The zero-order chi connectivity index (χ0) is 13.5. The van der Waals surface area contributed by atoms with Gasteiger partial charge in [0, 0.05) is 12.1 Å². The van der Waals surface area contributed by atoms with Gasteiger partial charge in [0.1, 0.15) is 5.82 Å². The molecule has 102 valence electrons. The summed E-state index contributed by atoms with van der Waals surface area (Å²) in [6, 6.07) is 7.84. The molecule has 1 nitrogen and oxygen atoms in total. The van der Waals surface area contributed by atoms with E-state index in [4.69, 9.17) is 0 Å². The maximum Gasteiger partial charge on any atom is 0.126 e. The fourth-order valence-electron chi connectivity index (χ4n) is 2.21. The molecule has 0 radical (unpaired) electrons. The molecule has 2 atom stereocenters. The Hall–Kier alpha value is -0.890. The highest BCUT2D eigenvalue weighted by Gasteiger charge is 2.10. The highest BCUT2D eigenvalue weighted by molar-refractivity contribution is 5.18. The fourth-order valence-corrected chi connectivity index (χ4v) is 2.21. The van der Waals surface area contributed by atoms with Crippen LogP contribution in [0.2, 0.25) is 0 Å². The van der Waals surface area contributed by atoms with E-state index in [9.17, 15) is 4.39 Å². The van der Waals surface area contributed by atoms with Gasteiger partial charge in [-0.1, -0.05) is 32.0 Å². The van der Waals surface area contributed by atoms with Gasteiger partial charge in [0.25, 0.3) is 0 Å². The van der Waals surface area contributed by atoms with Gasteiger partial charge in [0.2, 0.25) is 0 Å².